The number of rotatable bonds is 2. The predicted molar refractivity (Wildman–Crippen MR) is 73.1 cm³/mol. The molecule has 20 heavy (non-hydrogen) atoms. The molecule has 0 atom stereocenters. The van der Waals surface area contributed by atoms with Crippen molar-refractivity contribution in [1.29, 1.82) is 5.26 Å². The topological polar surface area (TPSA) is 72.1 Å². The van der Waals surface area contributed by atoms with Gasteiger partial charge in [0, 0.05) is 10.8 Å². The molecule has 2 aromatic rings. The lowest BCUT2D eigenvalue weighted by atomic mass is 10.1. The van der Waals surface area contributed by atoms with Crippen molar-refractivity contribution in [3.63, 3.8) is 0 Å². The molecule has 1 aromatic carbocycles. The summed E-state index contributed by atoms with van der Waals surface area (Å²) in [6.45, 7) is -0.0456. The van der Waals surface area contributed by atoms with Gasteiger partial charge < -0.3 is 4.74 Å². The molecule has 5 nitrogen and oxygen atoms in total. The van der Waals surface area contributed by atoms with Crippen LogP contribution in [0.2, 0.25) is 0 Å². The van der Waals surface area contributed by atoms with Crippen LogP contribution in [0.25, 0.3) is 10.8 Å². The Morgan fingerprint density at radius 2 is 2.20 bits per heavy atom. The Morgan fingerprint density at radius 3 is 2.80 bits per heavy atom. The maximum Gasteiger partial charge on any atom is 0.354 e. The second kappa shape index (κ2) is 5.29. The average Bonchev–Trinajstić information content (AvgIpc) is 2.48. The lowest BCUT2D eigenvalue weighted by molar-refractivity contribution is 0.0588. The number of carbonyl (C=O) groups is 1. The molecule has 2 rings (SSSR count). The Morgan fingerprint density at radius 1 is 1.45 bits per heavy atom. The number of aromatic nitrogens is 1. The molecule has 0 radical (unpaired) electrons. The molecule has 0 aliphatic rings. The molecule has 0 bridgehead atoms. The molecule has 0 saturated carbocycles. The van der Waals surface area contributed by atoms with Crippen LogP contribution in [0.3, 0.4) is 0 Å². The fraction of sp³-hybridized carbons (Fsp3) is 0.133. The molecule has 0 aliphatic carbocycles. The van der Waals surface area contributed by atoms with Crippen molar-refractivity contribution in [2.45, 2.75) is 6.54 Å². The molecule has 0 unspecified atom stereocenters. The maximum absolute atomic E-state index is 12.4. The van der Waals surface area contributed by atoms with E-state index in [9.17, 15) is 9.59 Å². The number of carbonyl (C=O) groups excluding carboxylic acids is 1. The van der Waals surface area contributed by atoms with Crippen LogP contribution in [0.4, 0.5) is 0 Å². The third-order valence-electron chi connectivity index (χ3n) is 2.92. The Hall–Kier alpha value is -3.05. The normalized spacial score (nSPS) is 9.75. The van der Waals surface area contributed by atoms with Gasteiger partial charge in [-0.05, 0) is 18.2 Å². The van der Waals surface area contributed by atoms with Gasteiger partial charge in [0.25, 0.3) is 5.56 Å². The van der Waals surface area contributed by atoms with E-state index in [4.69, 9.17) is 11.7 Å². The van der Waals surface area contributed by atoms with E-state index >= 15 is 0 Å². The van der Waals surface area contributed by atoms with Crippen LogP contribution < -0.4 is 5.56 Å². The van der Waals surface area contributed by atoms with Gasteiger partial charge in [0.15, 0.2) is 0 Å². The number of terminal acetylenes is 1. The maximum atomic E-state index is 12.4. The summed E-state index contributed by atoms with van der Waals surface area (Å²) in [5.41, 5.74) is -0.0683. The number of ether oxygens (including phenoxy) is 1. The zero-order chi connectivity index (χ0) is 14.7. The number of esters is 1. The number of fused-ring (bicyclic) bond motifs is 1. The first-order valence-electron chi connectivity index (χ1n) is 5.72. The van der Waals surface area contributed by atoms with Crippen LogP contribution in [-0.2, 0) is 11.3 Å². The van der Waals surface area contributed by atoms with E-state index in [0.717, 1.165) is 4.57 Å². The van der Waals surface area contributed by atoms with Gasteiger partial charge in [0.05, 0.1) is 25.3 Å². The van der Waals surface area contributed by atoms with Gasteiger partial charge in [-0.15, -0.1) is 6.42 Å². The van der Waals surface area contributed by atoms with Crippen LogP contribution in [0, 0.1) is 23.7 Å². The Balaban J connectivity index is 2.95. The van der Waals surface area contributed by atoms with E-state index in [1.807, 2.05) is 6.07 Å². The third kappa shape index (κ3) is 2.02. The van der Waals surface area contributed by atoms with Crippen LogP contribution in [0.1, 0.15) is 16.1 Å². The van der Waals surface area contributed by atoms with Crippen LogP contribution in [-0.4, -0.2) is 17.6 Å². The van der Waals surface area contributed by atoms with Crippen molar-refractivity contribution in [1.82, 2.24) is 4.57 Å². The minimum atomic E-state index is -0.674. The molecule has 0 N–H and O–H groups in total. The van der Waals surface area contributed by atoms with Gasteiger partial charge in [-0.1, -0.05) is 12.0 Å². The van der Waals surface area contributed by atoms with Crippen molar-refractivity contribution >= 4 is 16.7 Å². The first-order chi connectivity index (χ1) is 9.63. The molecule has 1 heterocycles. The van der Waals surface area contributed by atoms with Crippen molar-refractivity contribution in [2.24, 2.45) is 0 Å². The molecule has 1 aromatic heterocycles. The summed E-state index contributed by atoms with van der Waals surface area (Å²) < 4.78 is 5.81. The summed E-state index contributed by atoms with van der Waals surface area (Å²) in [6, 6.07) is 8.23. The van der Waals surface area contributed by atoms with E-state index in [2.05, 4.69) is 10.7 Å². The highest BCUT2D eigenvalue weighted by Gasteiger charge is 2.16. The minimum Gasteiger partial charge on any atom is -0.464 e. The number of methoxy groups -OCH3 is 1. The lowest BCUT2D eigenvalue weighted by Gasteiger charge is -2.11. The number of hydrogen-bond acceptors (Lipinski definition) is 4. The number of nitrogens with zero attached hydrogens (tertiary/aromatic N) is 2. The number of nitriles is 1. The highest BCUT2D eigenvalue weighted by Crippen LogP contribution is 2.17. The van der Waals surface area contributed by atoms with E-state index in [-0.39, 0.29) is 12.2 Å². The Labute approximate surface area is 115 Å². The minimum absolute atomic E-state index is 0.0330. The molecular formula is C15H10N2O3. The lowest BCUT2D eigenvalue weighted by Crippen LogP contribution is -2.26. The number of benzene rings is 1. The molecule has 98 valence electrons. The van der Waals surface area contributed by atoms with E-state index in [1.54, 1.807) is 18.2 Å². The Bertz CT molecular complexity index is 835. The predicted octanol–water partition coefficient (Wildman–Crippen LogP) is 1.29. The van der Waals surface area contributed by atoms with Gasteiger partial charge >= 0.3 is 5.97 Å². The standard InChI is InChI=1S/C15H10N2O3/c1-3-7-17-13(15(19)20-2)8-12-10(9-16)5-4-6-11(12)14(17)18/h1,4-6,8H,7H2,2H3. The number of pyridine rings is 1. The van der Waals surface area contributed by atoms with Crippen molar-refractivity contribution in [3.05, 3.63) is 45.9 Å². The van der Waals surface area contributed by atoms with E-state index < -0.39 is 11.5 Å². The van der Waals surface area contributed by atoms with E-state index in [0.29, 0.717) is 16.3 Å². The summed E-state index contributed by atoms with van der Waals surface area (Å²) in [7, 11) is 1.22. The van der Waals surface area contributed by atoms with Gasteiger partial charge in [-0.25, -0.2) is 4.79 Å². The summed E-state index contributed by atoms with van der Waals surface area (Å²) in [5, 5.41) is 9.83. The average molecular weight is 266 g/mol. The van der Waals surface area contributed by atoms with E-state index in [1.165, 1.54) is 13.2 Å². The monoisotopic (exact) mass is 266 g/mol. The van der Waals surface area contributed by atoms with Crippen LogP contribution in [0.15, 0.2) is 29.1 Å². The highest BCUT2D eigenvalue weighted by atomic mass is 16.5. The van der Waals surface area contributed by atoms with Crippen LogP contribution >= 0.6 is 0 Å². The zero-order valence-corrected chi connectivity index (χ0v) is 10.7. The summed E-state index contributed by atoms with van der Waals surface area (Å²) in [6.07, 6.45) is 5.23. The van der Waals surface area contributed by atoms with Crippen molar-refractivity contribution in [2.75, 3.05) is 7.11 Å². The third-order valence-corrected chi connectivity index (χ3v) is 2.92. The second-order valence-corrected chi connectivity index (χ2v) is 4.00. The zero-order valence-electron chi connectivity index (χ0n) is 10.7. The first kappa shape index (κ1) is 13.4. The molecule has 0 spiro atoms. The van der Waals surface area contributed by atoms with Gasteiger partial charge in [-0.2, -0.15) is 5.26 Å². The van der Waals surface area contributed by atoms with Gasteiger partial charge in [0.2, 0.25) is 0 Å². The second-order valence-electron chi connectivity index (χ2n) is 4.00. The summed E-state index contributed by atoms with van der Waals surface area (Å²) in [4.78, 5) is 24.1. The molecule has 0 aliphatic heterocycles. The smallest absolute Gasteiger partial charge is 0.354 e. The summed E-state index contributed by atoms with van der Waals surface area (Å²) in [5.74, 6) is 1.65. The van der Waals surface area contributed by atoms with Gasteiger partial charge in [-0.3, -0.25) is 9.36 Å². The molecule has 0 saturated heterocycles. The summed E-state index contributed by atoms with van der Waals surface area (Å²) >= 11 is 0. The van der Waals surface area contributed by atoms with Crippen LogP contribution in [0.5, 0.6) is 0 Å². The largest absolute Gasteiger partial charge is 0.464 e. The fourth-order valence-electron chi connectivity index (χ4n) is 2.00. The number of hydrogen-bond donors (Lipinski definition) is 0. The quantitative estimate of drug-likeness (QED) is 0.606. The fourth-order valence-corrected chi connectivity index (χ4v) is 2.00. The molecule has 5 heteroatoms. The Kier molecular flexibility index (Phi) is 3.54. The van der Waals surface area contributed by atoms with Crippen molar-refractivity contribution in [3.8, 4) is 18.4 Å². The highest BCUT2D eigenvalue weighted by molar-refractivity contribution is 5.95. The van der Waals surface area contributed by atoms with Gasteiger partial charge in [0.1, 0.15) is 5.69 Å². The molecule has 0 fully saturated rings. The van der Waals surface area contributed by atoms with Crippen molar-refractivity contribution < 1.29 is 9.53 Å². The SMILES string of the molecule is C#CCn1c(C(=O)OC)cc2c(C#N)cccc2c1=O. The molecule has 0 amide bonds. The first-order valence-corrected chi connectivity index (χ1v) is 5.72. The molecular weight excluding hydrogens is 256 g/mol.